The highest BCUT2D eigenvalue weighted by molar-refractivity contribution is 5.94. The second kappa shape index (κ2) is 7.45. The van der Waals surface area contributed by atoms with Crippen molar-refractivity contribution < 1.29 is 9.53 Å². The normalized spacial score (nSPS) is 18.9. The molecule has 24 heavy (non-hydrogen) atoms. The van der Waals surface area contributed by atoms with E-state index in [2.05, 4.69) is 4.98 Å². The summed E-state index contributed by atoms with van der Waals surface area (Å²) in [5.41, 5.74) is 6.68. The largest absolute Gasteiger partial charge is 0.456 e. The Bertz CT molecular complexity index is 671. The number of carbonyl (C=O) groups is 1. The van der Waals surface area contributed by atoms with Crippen LogP contribution in [0.5, 0.6) is 11.5 Å². The Balaban J connectivity index is 1.65. The highest BCUT2D eigenvalue weighted by atomic mass is 16.5. The minimum atomic E-state index is 0.0632. The number of rotatable bonds is 4. The molecule has 0 saturated carbocycles. The van der Waals surface area contributed by atoms with Crippen molar-refractivity contribution in [2.75, 3.05) is 13.1 Å². The van der Waals surface area contributed by atoms with Crippen LogP contribution in [0.15, 0.2) is 48.8 Å². The fourth-order valence-electron chi connectivity index (χ4n) is 3.02. The standard InChI is InChI=1S/C19H23N3O2/c1-14(20)16-4-3-11-22(13-16)19(23)15-6-8-17(9-7-15)24-18-5-2-10-21-12-18/h2,5-10,12,14,16H,3-4,11,13,20H2,1H3/t14-,16-/m0/s1. The van der Waals surface area contributed by atoms with E-state index in [9.17, 15) is 4.79 Å². The van der Waals surface area contributed by atoms with Crippen molar-refractivity contribution in [3.8, 4) is 11.5 Å². The molecule has 1 aliphatic rings. The van der Waals surface area contributed by atoms with Crippen molar-refractivity contribution in [3.05, 3.63) is 54.4 Å². The van der Waals surface area contributed by atoms with Gasteiger partial charge in [-0.25, -0.2) is 0 Å². The van der Waals surface area contributed by atoms with Gasteiger partial charge < -0.3 is 15.4 Å². The third kappa shape index (κ3) is 3.92. The smallest absolute Gasteiger partial charge is 0.253 e. The SMILES string of the molecule is C[C@H](N)[C@H]1CCCN(C(=O)c2ccc(Oc3cccnc3)cc2)C1. The number of carbonyl (C=O) groups excluding carboxylic acids is 1. The molecule has 0 unspecified atom stereocenters. The molecule has 1 amide bonds. The van der Waals surface area contributed by atoms with Crippen molar-refractivity contribution in [2.45, 2.75) is 25.8 Å². The summed E-state index contributed by atoms with van der Waals surface area (Å²) in [5.74, 6) is 1.81. The lowest BCUT2D eigenvalue weighted by molar-refractivity contribution is 0.0661. The number of aromatic nitrogens is 1. The minimum absolute atomic E-state index is 0.0632. The Hall–Kier alpha value is -2.40. The average Bonchev–Trinajstić information content (AvgIpc) is 2.63. The maximum absolute atomic E-state index is 12.7. The molecule has 0 spiro atoms. The van der Waals surface area contributed by atoms with E-state index in [4.69, 9.17) is 10.5 Å². The molecule has 1 aromatic heterocycles. The Labute approximate surface area is 142 Å². The van der Waals surface area contributed by atoms with E-state index in [1.54, 1.807) is 12.4 Å². The lowest BCUT2D eigenvalue weighted by Gasteiger charge is -2.34. The van der Waals surface area contributed by atoms with Crippen LogP contribution < -0.4 is 10.5 Å². The van der Waals surface area contributed by atoms with Gasteiger partial charge in [0.1, 0.15) is 11.5 Å². The quantitative estimate of drug-likeness (QED) is 0.938. The van der Waals surface area contributed by atoms with Crippen LogP contribution in [0.3, 0.4) is 0 Å². The van der Waals surface area contributed by atoms with E-state index in [1.165, 1.54) is 0 Å². The van der Waals surface area contributed by atoms with Crippen LogP contribution in [0.25, 0.3) is 0 Å². The van der Waals surface area contributed by atoms with Gasteiger partial charge in [0, 0.05) is 30.9 Å². The van der Waals surface area contributed by atoms with Crippen LogP contribution in [-0.2, 0) is 0 Å². The number of pyridine rings is 1. The monoisotopic (exact) mass is 325 g/mol. The molecule has 0 aliphatic carbocycles. The van der Waals surface area contributed by atoms with Crippen LogP contribution in [-0.4, -0.2) is 34.9 Å². The zero-order chi connectivity index (χ0) is 16.9. The first-order valence-electron chi connectivity index (χ1n) is 8.36. The minimum Gasteiger partial charge on any atom is -0.456 e. The summed E-state index contributed by atoms with van der Waals surface area (Å²) in [6.07, 6.45) is 5.46. The number of hydrogen-bond donors (Lipinski definition) is 1. The maximum atomic E-state index is 12.7. The second-order valence-electron chi connectivity index (χ2n) is 6.33. The van der Waals surface area contributed by atoms with Gasteiger partial charge in [-0.2, -0.15) is 0 Å². The summed E-state index contributed by atoms with van der Waals surface area (Å²) < 4.78 is 5.70. The number of nitrogens with two attached hydrogens (primary N) is 1. The molecule has 2 heterocycles. The van der Waals surface area contributed by atoms with E-state index >= 15 is 0 Å². The molecule has 2 N–H and O–H groups in total. The second-order valence-corrected chi connectivity index (χ2v) is 6.33. The van der Waals surface area contributed by atoms with Crippen molar-refractivity contribution in [3.63, 3.8) is 0 Å². The van der Waals surface area contributed by atoms with Crippen molar-refractivity contribution in [1.29, 1.82) is 0 Å². The van der Waals surface area contributed by atoms with Gasteiger partial charge in [0.15, 0.2) is 0 Å². The fraction of sp³-hybridized carbons (Fsp3) is 0.368. The van der Waals surface area contributed by atoms with E-state index in [-0.39, 0.29) is 11.9 Å². The lowest BCUT2D eigenvalue weighted by Crippen LogP contribution is -2.45. The van der Waals surface area contributed by atoms with Crippen molar-refractivity contribution in [2.24, 2.45) is 11.7 Å². The molecule has 0 bridgehead atoms. The molecule has 126 valence electrons. The molecular weight excluding hydrogens is 302 g/mol. The number of nitrogens with zero attached hydrogens (tertiary/aromatic N) is 2. The number of piperidine rings is 1. The third-order valence-electron chi connectivity index (χ3n) is 4.46. The van der Waals surface area contributed by atoms with Gasteiger partial charge in [0.2, 0.25) is 0 Å². The summed E-state index contributed by atoms with van der Waals surface area (Å²) in [7, 11) is 0. The van der Waals surface area contributed by atoms with Gasteiger partial charge in [-0.05, 0) is 62.1 Å². The number of benzene rings is 1. The Kier molecular flexibility index (Phi) is 5.11. The number of likely N-dealkylation sites (tertiary alicyclic amines) is 1. The van der Waals surface area contributed by atoms with Gasteiger partial charge in [-0.15, -0.1) is 0 Å². The number of hydrogen-bond acceptors (Lipinski definition) is 4. The summed E-state index contributed by atoms with van der Waals surface area (Å²) in [5, 5.41) is 0. The van der Waals surface area contributed by atoms with Crippen LogP contribution in [0.4, 0.5) is 0 Å². The predicted molar refractivity (Wildman–Crippen MR) is 93.0 cm³/mol. The summed E-state index contributed by atoms with van der Waals surface area (Å²) in [4.78, 5) is 18.6. The first-order valence-corrected chi connectivity index (χ1v) is 8.36. The first kappa shape index (κ1) is 16.5. The molecular formula is C19H23N3O2. The van der Waals surface area contributed by atoms with E-state index in [1.807, 2.05) is 48.2 Å². The van der Waals surface area contributed by atoms with Crippen LogP contribution >= 0.6 is 0 Å². The number of amides is 1. The van der Waals surface area contributed by atoms with Gasteiger partial charge in [0.05, 0.1) is 6.20 Å². The molecule has 3 rings (SSSR count). The van der Waals surface area contributed by atoms with E-state index < -0.39 is 0 Å². The summed E-state index contributed by atoms with van der Waals surface area (Å²) in [6.45, 7) is 3.56. The van der Waals surface area contributed by atoms with Crippen molar-refractivity contribution >= 4 is 5.91 Å². The molecule has 1 aliphatic heterocycles. The Morgan fingerprint density at radius 1 is 1.29 bits per heavy atom. The topological polar surface area (TPSA) is 68.5 Å². The zero-order valence-corrected chi connectivity index (χ0v) is 13.9. The third-order valence-corrected chi connectivity index (χ3v) is 4.46. The van der Waals surface area contributed by atoms with Crippen LogP contribution in [0, 0.1) is 5.92 Å². The summed E-state index contributed by atoms with van der Waals surface area (Å²) >= 11 is 0. The van der Waals surface area contributed by atoms with Crippen LogP contribution in [0.2, 0.25) is 0 Å². The molecule has 5 heteroatoms. The molecule has 2 aromatic rings. The molecule has 0 radical (unpaired) electrons. The highest BCUT2D eigenvalue weighted by Gasteiger charge is 2.26. The average molecular weight is 325 g/mol. The van der Waals surface area contributed by atoms with Gasteiger partial charge in [-0.3, -0.25) is 9.78 Å². The molecule has 1 fully saturated rings. The zero-order valence-electron chi connectivity index (χ0n) is 13.9. The number of ether oxygens (including phenoxy) is 1. The lowest BCUT2D eigenvalue weighted by atomic mass is 9.92. The molecule has 5 nitrogen and oxygen atoms in total. The molecule has 1 aromatic carbocycles. The van der Waals surface area contributed by atoms with Crippen LogP contribution in [0.1, 0.15) is 30.1 Å². The van der Waals surface area contributed by atoms with Gasteiger partial charge in [-0.1, -0.05) is 0 Å². The van der Waals surface area contributed by atoms with E-state index in [0.29, 0.717) is 23.0 Å². The predicted octanol–water partition coefficient (Wildman–Crippen LogP) is 3.07. The fourth-order valence-corrected chi connectivity index (χ4v) is 3.02. The first-order chi connectivity index (χ1) is 11.6. The van der Waals surface area contributed by atoms with Gasteiger partial charge >= 0.3 is 0 Å². The molecule has 2 atom stereocenters. The van der Waals surface area contributed by atoms with E-state index in [0.717, 1.165) is 25.9 Å². The summed E-state index contributed by atoms with van der Waals surface area (Å²) in [6, 6.07) is 11.0. The van der Waals surface area contributed by atoms with Gasteiger partial charge in [0.25, 0.3) is 5.91 Å². The van der Waals surface area contributed by atoms with Crippen molar-refractivity contribution in [1.82, 2.24) is 9.88 Å². The Morgan fingerprint density at radius 2 is 2.08 bits per heavy atom. The maximum Gasteiger partial charge on any atom is 0.253 e. The molecule has 1 saturated heterocycles. The Morgan fingerprint density at radius 3 is 2.75 bits per heavy atom. The highest BCUT2D eigenvalue weighted by Crippen LogP contribution is 2.23.